The van der Waals surface area contributed by atoms with Gasteiger partial charge in [0.2, 0.25) is 0 Å². The molecule has 4 aromatic carbocycles. The number of hydrogen-bond donors (Lipinski definition) is 1. The molecule has 232 valence electrons. The van der Waals surface area contributed by atoms with Crippen molar-refractivity contribution in [1.29, 1.82) is 0 Å². The topological polar surface area (TPSA) is 51.8 Å². The second-order valence-corrected chi connectivity index (χ2v) is 17.9. The number of aliphatic hydroxyl groups is 1. The molecule has 0 spiro atoms. The molecule has 1 aromatic heterocycles. The molecule has 1 fully saturated rings. The van der Waals surface area contributed by atoms with Crippen LogP contribution in [0.3, 0.4) is 0 Å². The summed E-state index contributed by atoms with van der Waals surface area (Å²) in [4.78, 5) is 0. The maximum absolute atomic E-state index is 11.7. The van der Waals surface area contributed by atoms with Crippen LogP contribution in [0.4, 0.5) is 0 Å². The Kier molecular flexibility index (Phi) is 10.1. The predicted octanol–water partition coefficient (Wildman–Crippen LogP) is 8.65. The van der Waals surface area contributed by atoms with Gasteiger partial charge in [-0.3, -0.25) is 0 Å². The standard InChI is InChI=1S/C38H40O4S2Si/c1-3-4-23-45(35-15-7-5-8-16-35,36-17-9-6-10-18-36)42-34-26-31(25-33(27-34)40-2)29-13-11-14-32(24-29)38(43-21-12-22-44-38)37(39)30-19-20-41-28-30/h5-11,13-20,24-28,37,39H,3-4,12,21-23H2,1-2H3. The predicted molar refractivity (Wildman–Crippen MR) is 192 cm³/mol. The average Bonchev–Trinajstić information content (AvgIpc) is 3.66. The van der Waals surface area contributed by atoms with Crippen LogP contribution in [0, 0.1) is 0 Å². The van der Waals surface area contributed by atoms with E-state index in [1.54, 1.807) is 19.6 Å². The molecule has 4 nitrogen and oxygen atoms in total. The zero-order chi connectivity index (χ0) is 31.1. The van der Waals surface area contributed by atoms with Crippen LogP contribution in [-0.4, -0.2) is 32.0 Å². The zero-order valence-corrected chi connectivity index (χ0v) is 28.5. The van der Waals surface area contributed by atoms with Gasteiger partial charge in [0, 0.05) is 11.6 Å². The van der Waals surface area contributed by atoms with Gasteiger partial charge < -0.3 is 18.7 Å². The lowest BCUT2D eigenvalue weighted by Gasteiger charge is -2.40. The maximum Gasteiger partial charge on any atom is 0.314 e. The Morgan fingerprint density at radius 3 is 2.13 bits per heavy atom. The van der Waals surface area contributed by atoms with Crippen molar-refractivity contribution in [2.45, 2.75) is 42.4 Å². The van der Waals surface area contributed by atoms with Crippen LogP contribution in [0.1, 0.15) is 43.4 Å². The van der Waals surface area contributed by atoms with Gasteiger partial charge in [0.1, 0.15) is 21.7 Å². The molecule has 0 bridgehead atoms. The SMILES string of the molecule is CCCC[Si](Oc1cc(OC)cc(-c2cccc(C3(C(O)c4ccoc4)SCCCS3)c2)c1)(c1ccccc1)c1ccccc1. The molecule has 2 heterocycles. The summed E-state index contributed by atoms with van der Waals surface area (Å²) in [5, 5.41) is 14.2. The van der Waals surface area contributed by atoms with E-state index in [2.05, 4.69) is 104 Å². The third kappa shape index (κ3) is 6.63. The normalized spacial score (nSPS) is 15.4. The lowest BCUT2D eigenvalue weighted by atomic mass is 9.97. The molecule has 1 unspecified atom stereocenters. The molecular weight excluding hydrogens is 613 g/mol. The number of furan rings is 1. The zero-order valence-electron chi connectivity index (χ0n) is 25.9. The first-order chi connectivity index (χ1) is 22.1. The molecule has 1 aliphatic rings. The van der Waals surface area contributed by atoms with Crippen molar-refractivity contribution >= 4 is 42.2 Å². The van der Waals surface area contributed by atoms with Crippen molar-refractivity contribution in [2.75, 3.05) is 18.6 Å². The summed E-state index contributed by atoms with van der Waals surface area (Å²) in [6.45, 7) is 2.24. The monoisotopic (exact) mass is 652 g/mol. The van der Waals surface area contributed by atoms with Gasteiger partial charge in [-0.15, -0.1) is 23.5 Å². The van der Waals surface area contributed by atoms with Gasteiger partial charge in [0.25, 0.3) is 0 Å². The Hall–Kier alpha value is -3.36. The summed E-state index contributed by atoms with van der Waals surface area (Å²) in [5.74, 6) is 3.54. The molecule has 6 rings (SSSR count). The molecule has 1 N–H and O–H groups in total. The molecule has 5 aromatic rings. The smallest absolute Gasteiger partial charge is 0.314 e. The van der Waals surface area contributed by atoms with Crippen molar-refractivity contribution in [2.24, 2.45) is 0 Å². The number of rotatable bonds is 12. The summed E-state index contributed by atoms with van der Waals surface area (Å²) in [7, 11) is -0.959. The molecule has 0 radical (unpaired) electrons. The van der Waals surface area contributed by atoms with E-state index in [9.17, 15) is 5.11 Å². The van der Waals surface area contributed by atoms with Gasteiger partial charge in [-0.2, -0.15) is 0 Å². The Bertz CT molecular complexity index is 1610. The van der Waals surface area contributed by atoms with Crippen LogP contribution in [0.2, 0.25) is 6.04 Å². The van der Waals surface area contributed by atoms with Crippen molar-refractivity contribution in [3.8, 4) is 22.6 Å². The Morgan fingerprint density at radius 2 is 1.51 bits per heavy atom. The van der Waals surface area contributed by atoms with Gasteiger partial charge in [-0.1, -0.05) is 98.6 Å². The van der Waals surface area contributed by atoms with E-state index in [-0.39, 0.29) is 0 Å². The second-order valence-electron chi connectivity index (χ2n) is 11.4. The minimum Gasteiger partial charge on any atom is -0.534 e. The first kappa shape index (κ1) is 31.6. The Balaban J connectivity index is 1.43. The van der Waals surface area contributed by atoms with Gasteiger partial charge >= 0.3 is 8.32 Å². The minimum atomic E-state index is -2.67. The number of aliphatic hydroxyl groups excluding tert-OH is 1. The Labute approximate surface area is 276 Å². The molecular formula is C38H40O4S2Si. The molecule has 0 amide bonds. The lowest BCUT2D eigenvalue weighted by molar-refractivity contribution is 0.162. The maximum atomic E-state index is 11.7. The highest BCUT2D eigenvalue weighted by Crippen LogP contribution is 2.58. The first-order valence-corrected chi connectivity index (χ1v) is 19.7. The van der Waals surface area contributed by atoms with E-state index < -0.39 is 18.5 Å². The van der Waals surface area contributed by atoms with Crippen LogP contribution < -0.4 is 19.5 Å². The summed E-state index contributed by atoms with van der Waals surface area (Å²) in [6, 6.07) is 39.2. The fourth-order valence-electron chi connectivity index (χ4n) is 6.18. The fourth-order valence-corrected chi connectivity index (χ4v) is 13.6. The summed E-state index contributed by atoms with van der Waals surface area (Å²) in [5.41, 5.74) is 3.97. The van der Waals surface area contributed by atoms with Gasteiger partial charge in [0.05, 0.1) is 19.6 Å². The third-order valence-corrected chi connectivity index (χ3v) is 16.2. The highest BCUT2D eigenvalue weighted by atomic mass is 32.2. The number of thioether (sulfide) groups is 2. The van der Waals surface area contributed by atoms with Crippen molar-refractivity contribution in [1.82, 2.24) is 0 Å². The van der Waals surface area contributed by atoms with E-state index in [0.29, 0.717) is 0 Å². The average molecular weight is 653 g/mol. The van der Waals surface area contributed by atoms with Gasteiger partial charge in [-0.05, 0) is 75.3 Å². The van der Waals surface area contributed by atoms with E-state index in [1.165, 1.54) is 10.4 Å². The second kappa shape index (κ2) is 14.4. The van der Waals surface area contributed by atoms with Crippen LogP contribution in [-0.2, 0) is 4.08 Å². The lowest BCUT2D eigenvalue weighted by Crippen LogP contribution is -2.63. The van der Waals surface area contributed by atoms with Crippen molar-refractivity contribution in [3.63, 3.8) is 0 Å². The molecule has 1 aliphatic heterocycles. The number of methoxy groups -OCH3 is 1. The van der Waals surface area contributed by atoms with Gasteiger partial charge in [0.15, 0.2) is 0 Å². The molecule has 45 heavy (non-hydrogen) atoms. The van der Waals surface area contributed by atoms with Crippen LogP contribution in [0.5, 0.6) is 11.5 Å². The van der Waals surface area contributed by atoms with E-state index in [1.807, 2.05) is 35.7 Å². The molecule has 7 heteroatoms. The van der Waals surface area contributed by atoms with Crippen LogP contribution in [0.15, 0.2) is 126 Å². The highest BCUT2D eigenvalue weighted by molar-refractivity contribution is 8.18. The number of ether oxygens (including phenoxy) is 1. The van der Waals surface area contributed by atoms with Crippen molar-refractivity contribution in [3.05, 3.63) is 133 Å². The fraction of sp³-hybridized carbons (Fsp3) is 0.263. The third-order valence-electron chi connectivity index (χ3n) is 8.51. The van der Waals surface area contributed by atoms with Crippen LogP contribution >= 0.6 is 23.5 Å². The van der Waals surface area contributed by atoms with Crippen LogP contribution in [0.25, 0.3) is 11.1 Å². The van der Waals surface area contributed by atoms with E-state index in [4.69, 9.17) is 13.6 Å². The number of unbranched alkanes of at least 4 members (excludes halogenated alkanes) is 1. The van der Waals surface area contributed by atoms with E-state index in [0.717, 1.165) is 70.6 Å². The minimum absolute atomic E-state index is 0.529. The summed E-state index contributed by atoms with van der Waals surface area (Å²) in [6.07, 6.45) is 5.88. The first-order valence-electron chi connectivity index (χ1n) is 15.7. The number of benzene rings is 4. The molecule has 1 atom stereocenters. The molecule has 0 aliphatic carbocycles. The largest absolute Gasteiger partial charge is 0.534 e. The Morgan fingerprint density at radius 1 is 0.822 bits per heavy atom. The number of hydrogen-bond acceptors (Lipinski definition) is 6. The highest BCUT2D eigenvalue weighted by Gasteiger charge is 2.44. The van der Waals surface area contributed by atoms with E-state index >= 15 is 0 Å². The quantitative estimate of drug-likeness (QED) is 0.136. The molecule has 1 saturated heterocycles. The summed E-state index contributed by atoms with van der Waals surface area (Å²) >= 11 is 3.65. The molecule has 0 saturated carbocycles. The van der Waals surface area contributed by atoms with Gasteiger partial charge in [-0.25, -0.2) is 0 Å². The van der Waals surface area contributed by atoms with Crippen molar-refractivity contribution < 1.29 is 18.7 Å². The summed E-state index contributed by atoms with van der Waals surface area (Å²) < 4.78 is 18.0.